The topological polar surface area (TPSA) is 83.3 Å². The number of aromatic nitrogens is 1. The Morgan fingerprint density at radius 3 is 2.61 bits per heavy atom. The standard InChI is InChI=1S/C18H19N3O2/c19-14-3-1-4-16(12-14)23-10-2-9-21-17-7-6-15(20)11-13(17)5-8-18(21)22/h1,3-8,11-12H,2,9-10,19-20H2. The maximum absolute atomic E-state index is 12.1. The number of nitrogens with zero attached hydrogens (tertiary/aromatic N) is 1. The average molecular weight is 309 g/mol. The van der Waals surface area contributed by atoms with Gasteiger partial charge in [-0.2, -0.15) is 0 Å². The van der Waals surface area contributed by atoms with Crippen molar-refractivity contribution in [1.29, 1.82) is 0 Å². The number of hydrogen-bond donors (Lipinski definition) is 2. The third-order valence-corrected chi connectivity index (χ3v) is 3.67. The first kappa shape index (κ1) is 15.0. The average Bonchev–Trinajstić information content (AvgIpc) is 2.53. The van der Waals surface area contributed by atoms with Crippen LogP contribution in [0.5, 0.6) is 5.75 Å². The van der Waals surface area contributed by atoms with E-state index in [4.69, 9.17) is 16.2 Å². The van der Waals surface area contributed by atoms with Crippen LogP contribution in [0, 0.1) is 0 Å². The van der Waals surface area contributed by atoms with E-state index in [-0.39, 0.29) is 5.56 Å². The van der Waals surface area contributed by atoms with Crippen LogP contribution in [0.3, 0.4) is 0 Å². The number of pyridine rings is 1. The summed E-state index contributed by atoms with van der Waals surface area (Å²) in [5, 5.41) is 0.960. The quantitative estimate of drug-likeness (QED) is 0.560. The Kier molecular flexibility index (Phi) is 4.19. The molecular formula is C18H19N3O2. The second kappa shape index (κ2) is 6.44. The summed E-state index contributed by atoms with van der Waals surface area (Å²) < 4.78 is 7.41. The lowest BCUT2D eigenvalue weighted by atomic mass is 10.2. The number of nitrogens with two attached hydrogens (primary N) is 2. The van der Waals surface area contributed by atoms with Crippen molar-refractivity contribution in [2.45, 2.75) is 13.0 Å². The zero-order valence-electron chi connectivity index (χ0n) is 12.7. The largest absolute Gasteiger partial charge is 0.493 e. The highest BCUT2D eigenvalue weighted by atomic mass is 16.5. The fraction of sp³-hybridized carbons (Fsp3) is 0.167. The SMILES string of the molecule is Nc1cccc(OCCCn2c(=O)ccc3cc(N)ccc32)c1. The highest BCUT2D eigenvalue weighted by Gasteiger charge is 2.03. The van der Waals surface area contributed by atoms with E-state index in [0.717, 1.165) is 23.1 Å². The van der Waals surface area contributed by atoms with Crippen LogP contribution >= 0.6 is 0 Å². The maximum Gasteiger partial charge on any atom is 0.251 e. The van der Waals surface area contributed by atoms with Gasteiger partial charge in [0.05, 0.1) is 12.1 Å². The Bertz CT molecular complexity index is 887. The predicted octanol–water partition coefficient (Wildman–Crippen LogP) is 2.64. The van der Waals surface area contributed by atoms with Crippen molar-refractivity contribution >= 4 is 22.3 Å². The summed E-state index contributed by atoms with van der Waals surface area (Å²) in [6, 6.07) is 16.2. The highest BCUT2D eigenvalue weighted by Crippen LogP contribution is 2.17. The molecule has 0 spiro atoms. The van der Waals surface area contributed by atoms with Gasteiger partial charge < -0.3 is 20.8 Å². The van der Waals surface area contributed by atoms with Crippen molar-refractivity contribution in [3.8, 4) is 5.75 Å². The lowest BCUT2D eigenvalue weighted by Crippen LogP contribution is -2.20. The van der Waals surface area contributed by atoms with Crippen LogP contribution < -0.4 is 21.8 Å². The number of nitrogen functional groups attached to an aromatic ring is 2. The van der Waals surface area contributed by atoms with Gasteiger partial charge in [-0.25, -0.2) is 0 Å². The number of fused-ring (bicyclic) bond motifs is 1. The fourth-order valence-corrected chi connectivity index (χ4v) is 2.57. The van der Waals surface area contributed by atoms with Gasteiger partial charge in [-0.1, -0.05) is 6.07 Å². The zero-order chi connectivity index (χ0) is 16.2. The number of aryl methyl sites for hydroxylation is 1. The normalized spacial score (nSPS) is 10.8. The van der Waals surface area contributed by atoms with Gasteiger partial charge in [0.2, 0.25) is 0 Å². The van der Waals surface area contributed by atoms with Crippen molar-refractivity contribution in [2.24, 2.45) is 0 Å². The van der Waals surface area contributed by atoms with Gasteiger partial charge >= 0.3 is 0 Å². The summed E-state index contributed by atoms with van der Waals surface area (Å²) in [5.74, 6) is 0.739. The smallest absolute Gasteiger partial charge is 0.251 e. The minimum Gasteiger partial charge on any atom is -0.493 e. The molecule has 0 bridgehead atoms. The molecule has 0 aliphatic rings. The lowest BCUT2D eigenvalue weighted by molar-refractivity contribution is 0.302. The molecule has 3 rings (SSSR count). The van der Waals surface area contributed by atoms with Crippen LogP contribution in [0.1, 0.15) is 6.42 Å². The summed E-state index contributed by atoms with van der Waals surface area (Å²) in [6.45, 7) is 1.10. The van der Waals surface area contributed by atoms with Gasteiger partial charge in [-0.3, -0.25) is 4.79 Å². The Morgan fingerprint density at radius 1 is 0.957 bits per heavy atom. The van der Waals surface area contributed by atoms with Gasteiger partial charge in [-0.05, 0) is 42.8 Å². The number of anilines is 2. The molecule has 23 heavy (non-hydrogen) atoms. The van der Waals surface area contributed by atoms with E-state index in [1.807, 2.05) is 36.4 Å². The predicted molar refractivity (Wildman–Crippen MR) is 93.6 cm³/mol. The van der Waals surface area contributed by atoms with Crippen LogP contribution in [-0.4, -0.2) is 11.2 Å². The van der Waals surface area contributed by atoms with E-state index >= 15 is 0 Å². The maximum atomic E-state index is 12.1. The number of ether oxygens (including phenoxy) is 1. The molecule has 5 nitrogen and oxygen atoms in total. The van der Waals surface area contributed by atoms with Gasteiger partial charge in [-0.15, -0.1) is 0 Å². The third kappa shape index (κ3) is 3.45. The molecule has 1 aromatic heterocycles. The molecule has 0 amide bonds. The fourth-order valence-electron chi connectivity index (χ4n) is 2.57. The monoisotopic (exact) mass is 309 g/mol. The first-order valence-electron chi connectivity index (χ1n) is 7.51. The van der Waals surface area contributed by atoms with E-state index < -0.39 is 0 Å². The molecule has 0 atom stereocenters. The van der Waals surface area contributed by atoms with E-state index in [2.05, 4.69) is 0 Å². The Balaban J connectivity index is 1.69. The van der Waals surface area contributed by atoms with Gasteiger partial charge in [0.15, 0.2) is 0 Å². The van der Waals surface area contributed by atoms with E-state index in [9.17, 15) is 4.79 Å². The molecule has 3 aromatic rings. The van der Waals surface area contributed by atoms with Crippen molar-refractivity contribution < 1.29 is 4.74 Å². The van der Waals surface area contributed by atoms with Gasteiger partial charge in [0.1, 0.15) is 5.75 Å². The number of benzene rings is 2. The first-order valence-corrected chi connectivity index (χ1v) is 7.51. The van der Waals surface area contributed by atoms with Crippen LogP contribution in [0.15, 0.2) is 59.4 Å². The Morgan fingerprint density at radius 2 is 1.78 bits per heavy atom. The summed E-state index contributed by atoms with van der Waals surface area (Å²) in [4.78, 5) is 12.1. The molecule has 5 heteroatoms. The van der Waals surface area contributed by atoms with Crippen LogP contribution in [0.25, 0.3) is 10.9 Å². The first-order chi connectivity index (χ1) is 11.1. The molecule has 0 fully saturated rings. The second-order valence-corrected chi connectivity index (χ2v) is 5.42. The molecule has 0 saturated carbocycles. The zero-order valence-corrected chi connectivity index (χ0v) is 12.7. The summed E-state index contributed by atoms with van der Waals surface area (Å²) in [7, 11) is 0. The summed E-state index contributed by atoms with van der Waals surface area (Å²) in [6.07, 6.45) is 0.720. The van der Waals surface area contributed by atoms with Crippen LogP contribution in [-0.2, 0) is 6.54 Å². The van der Waals surface area contributed by atoms with Crippen molar-refractivity contribution in [3.05, 3.63) is 65.0 Å². The second-order valence-electron chi connectivity index (χ2n) is 5.42. The minimum absolute atomic E-state index is 0.0220. The van der Waals surface area contributed by atoms with E-state index in [1.54, 1.807) is 22.8 Å². The molecule has 0 aliphatic heterocycles. The van der Waals surface area contributed by atoms with Crippen molar-refractivity contribution in [1.82, 2.24) is 4.57 Å². The Labute approximate surface area is 134 Å². The number of hydrogen-bond acceptors (Lipinski definition) is 4. The van der Waals surface area contributed by atoms with E-state index in [0.29, 0.717) is 24.5 Å². The summed E-state index contributed by atoms with van der Waals surface area (Å²) >= 11 is 0. The van der Waals surface area contributed by atoms with Crippen molar-refractivity contribution in [3.63, 3.8) is 0 Å². The Hall–Kier alpha value is -2.95. The van der Waals surface area contributed by atoms with Gasteiger partial charge in [0, 0.05) is 35.4 Å². The molecule has 0 saturated heterocycles. The molecule has 0 unspecified atom stereocenters. The molecular weight excluding hydrogens is 290 g/mol. The molecule has 1 heterocycles. The highest BCUT2D eigenvalue weighted by molar-refractivity contribution is 5.82. The molecule has 0 aliphatic carbocycles. The summed E-state index contributed by atoms with van der Waals surface area (Å²) in [5.41, 5.74) is 13.7. The number of rotatable bonds is 5. The van der Waals surface area contributed by atoms with Crippen LogP contribution in [0.4, 0.5) is 11.4 Å². The third-order valence-electron chi connectivity index (χ3n) is 3.67. The minimum atomic E-state index is -0.0220. The molecule has 0 radical (unpaired) electrons. The van der Waals surface area contributed by atoms with E-state index in [1.165, 1.54) is 0 Å². The van der Waals surface area contributed by atoms with Gasteiger partial charge in [0.25, 0.3) is 5.56 Å². The van der Waals surface area contributed by atoms with Crippen molar-refractivity contribution in [2.75, 3.05) is 18.1 Å². The molecule has 4 N–H and O–H groups in total. The molecule has 2 aromatic carbocycles. The molecule has 118 valence electrons. The lowest BCUT2D eigenvalue weighted by Gasteiger charge is -2.11. The van der Waals surface area contributed by atoms with Crippen LogP contribution in [0.2, 0.25) is 0 Å².